The molecule has 1 aliphatic rings. The number of hydrogen-bond acceptors (Lipinski definition) is 4. The van der Waals surface area contributed by atoms with Crippen LogP contribution in [0.1, 0.15) is 46.0 Å². The third-order valence-electron chi connectivity index (χ3n) is 3.71. The van der Waals surface area contributed by atoms with E-state index in [0.717, 1.165) is 25.7 Å². The lowest BCUT2D eigenvalue weighted by Gasteiger charge is -2.22. The second-order valence-corrected chi connectivity index (χ2v) is 6.04. The predicted molar refractivity (Wildman–Crippen MR) is 78.8 cm³/mol. The summed E-state index contributed by atoms with van der Waals surface area (Å²) in [4.78, 5) is 16.4. The zero-order valence-corrected chi connectivity index (χ0v) is 12.4. The molecule has 0 saturated heterocycles. The van der Waals surface area contributed by atoms with Gasteiger partial charge in [0.2, 0.25) is 0 Å². The molecular weight excluding hydrogens is 254 g/mol. The van der Waals surface area contributed by atoms with E-state index in [2.05, 4.69) is 18.8 Å². The van der Waals surface area contributed by atoms with E-state index in [1.165, 1.54) is 6.42 Å². The minimum atomic E-state index is -0.155. The van der Waals surface area contributed by atoms with E-state index in [0.29, 0.717) is 12.5 Å². The van der Waals surface area contributed by atoms with Crippen molar-refractivity contribution in [3.8, 4) is 5.88 Å². The van der Waals surface area contributed by atoms with Crippen molar-refractivity contribution < 1.29 is 4.74 Å². The standard InChI is InChI=1S/C15H25N3O2/c1-11(2)10-18-9-8-17-14(15(18)19)20-13-7-5-3-4-6-12(13)16/h8-9,11-13H,3-7,10,16H2,1-2H3. The molecule has 2 atom stereocenters. The van der Waals surface area contributed by atoms with Gasteiger partial charge in [-0.25, -0.2) is 4.98 Å². The summed E-state index contributed by atoms with van der Waals surface area (Å²) in [6, 6.07) is -0.00236. The zero-order valence-electron chi connectivity index (χ0n) is 12.4. The third-order valence-corrected chi connectivity index (χ3v) is 3.71. The van der Waals surface area contributed by atoms with Crippen LogP contribution in [0.5, 0.6) is 5.88 Å². The quantitative estimate of drug-likeness (QED) is 0.855. The largest absolute Gasteiger partial charge is 0.469 e. The minimum Gasteiger partial charge on any atom is -0.469 e. The Morgan fingerprint density at radius 3 is 2.90 bits per heavy atom. The number of rotatable bonds is 4. The van der Waals surface area contributed by atoms with Gasteiger partial charge in [0, 0.05) is 25.0 Å². The van der Waals surface area contributed by atoms with Crippen LogP contribution in [-0.4, -0.2) is 21.7 Å². The van der Waals surface area contributed by atoms with Crippen molar-refractivity contribution in [2.24, 2.45) is 11.7 Å². The molecule has 1 fully saturated rings. The predicted octanol–water partition coefficient (Wildman–Crippen LogP) is 1.94. The van der Waals surface area contributed by atoms with Gasteiger partial charge in [-0.05, 0) is 25.2 Å². The molecule has 112 valence electrons. The summed E-state index contributed by atoms with van der Waals surface area (Å²) in [5.74, 6) is 0.596. The molecule has 2 N–H and O–H groups in total. The lowest BCUT2D eigenvalue weighted by molar-refractivity contribution is 0.152. The molecule has 1 aromatic rings. The SMILES string of the molecule is CC(C)Cn1ccnc(OC2CCCCCC2N)c1=O. The van der Waals surface area contributed by atoms with Crippen LogP contribution in [0.4, 0.5) is 0 Å². The summed E-state index contributed by atoms with van der Waals surface area (Å²) >= 11 is 0. The maximum atomic E-state index is 12.3. The fraction of sp³-hybridized carbons (Fsp3) is 0.733. The smallest absolute Gasteiger partial charge is 0.313 e. The zero-order chi connectivity index (χ0) is 14.5. The maximum absolute atomic E-state index is 12.3. The summed E-state index contributed by atoms with van der Waals surface area (Å²) in [6.45, 7) is 4.83. The van der Waals surface area contributed by atoms with Gasteiger partial charge in [-0.15, -0.1) is 0 Å². The van der Waals surface area contributed by atoms with Crippen LogP contribution in [0.2, 0.25) is 0 Å². The van der Waals surface area contributed by atoms with Crippen LogP contribution >= 0.6 is 0 Å². The second kappa shape index (κ2) is 6.88. The van der Waals surface area contributed by atoms with E-state index in [-0.39, 0.29) is 23.6 Å². The first-order valence-corrected chi connectivity index (χ1v) is 7.55. The van der Waals surface area contributed by atoms with Gasteiger partial charge >= 0.3 is 5.56 Å². The molecule has 1 aliphatic carbocycles. The van der Waals surface area contributed by atoms with Crippen LogP contribution in [0.15, 0.2) is 17.2 Å². The Labute approximate surface area is 120 Å². The summed E-state index contributed by atoms with van der Waals surface area (Å²) in [7, 11) is 0. The van der Waals surface area contributed by atoms with Crippen molar-refractivity contribution in [1.82, 2.24) is 9.55 Å². The van der Waals surface area contributed by atoms with E-state index in [4.69, 9.17) is 10.5 Å². The number of hydrogen-bond donors (Lipinski definition) is 1. The highest BCUT2D eigenvalue weighted by Crippen LogP contribution is 2.19. The fourth-order valence-corrected chi connectivity index (χ4v) is 2.64. The molecule has 1 heterocycles. The number of nitrogens with two attached hydrogens (primary N) is 1. The van der Waals surface area contributed by atoms with Crippen LogP contribution in [0.3, 0.4) is 0 Å². The van der Waals surface area contributed by atoms with E-state index in [1.807, 2.05) is 0 Å². The maximum Gasteiger partial charge on any atom is 0.313 e. The van der Waals surface area contributed by atoms with Gasteiger partial charge < -0.3 is 15.0 Å². The van der Waals surface area contributed by atoms with E-state index < -0.39 is 0 Å². The first-order valence-electron chi connectivity index (χ1n) is 7.55. The molecule has 0 aliphatic heterocycles. The highest BCUT2D eigenvalue weighted by atomic mass is 16.5. The van der Waals surface area contributed by atoms with E-state index in [9.17, 15) is 4.79 Å². The Hall–Kier alpha value is -1.36. The van der Waals surface area contributed by atoms with Crippen LogP contribution in [0.25, 0.3) is 0 Å². The van der Waals surface area contributed by atoms with Crippen LogP contribution in [-0.2, 0) is 6.54 Å². The van der Waals surface area contributed by atoms with Crippen LogP contribution in [0, 0.1) is 5.92 Å². The Bertz CT molecular complexity index is 484. The first-order chi connectivity index (χ1) is 9.58. The average Bonchev–Trinajstić information content (AvgIpc) is 2.59. The number of ether oxygens (including phenoxy) is 1. The molecule has 1 saturated carbocycles. The van der Waals surface area contributed by atoms with Crippen molar-refractivity contribution in [1.29, 1.82) is 0 Å². The molecule has 2 unspecified atom stereocenters. The van der Waals surface area contributed by atoms with Crippen molar-refractivity contribution >= 4 is 0 Å². The summed E-state index contributed by atoms with van der Waals surface area (Å²) in [6.07, 6.45) is 8.54. The molecule has 0 radical (unpaired) electrons. The molecule has 0 spiro atoms. The molecule has 20 heavy (non-hydrogen) atoms. The summed E-state index contributed by atoms with van der Waals surface area (Å²) in [5, 5.41) is 0. The molecule has 0 bridgehead atoms. The Morgan fingerprint density at radius 1 is 1.40 bits per heavy atom. The van der Waals surface area contributed by atoms with Gasteiger partial charge in [-0.2, -0.15) is 0 Å². The third kappa shape index (κ3) is 3.82. The summed E-state index contributed by atoms with van der Waals surface area (Å²) in [5.41, 5.74) is 5.98. The Morgan fingerprint density at radius 2 is 2.15 bits per heavy atom. The van der Waals surface area contributed by atoms with Crippen molar-refractivity contribution in [2.45, 2.75) is 64.6 Å². The highest BCUT2D eigenvalue weighted by molar-refractivity contribution is 5.06. The first kappa shape index (κ1) is 15.0. The fourth-order valence-electron chi connectivity index (χ4n) is 2.64. The number of aromatic nitrogens is 2. The molecule has 0 amide bonds. The Balaban J connectivity index is 2.14. The minimum absolute atomic E-state index is 0.00236. The van der Waals surface area contributed by atoms with Crippen LogP contribution < -0.4 is 16.0 Å². The average molecular weight is 279 g/mol. The van der Waals surface area contributed by atoms with Gasteiger partial charge in [0.15, 0.2) is 0 Å². The van der Waals surface area contributed by atoms with Gasteiger partial charge in [0.25, 0.3) is 5.88 Å². The van der Waals surface area contributed by atoms with Crippen molar-refractivity contribution in [3.63, 3.8) is 0 Å². The normalized spacial score (nSPS) is 23.6. The lowest BCUT2D eigenvalue weighted by Crippen LogP contribution is -2.39. The van der Waals surface area contributed by atoms with Crippen molar-refractivity contribution in [3.05, 3.63) is 22.7 Å². The molecule has 1 aromatic heterocycles. The lowest BCUT2D eigenvalue weighted by atomic mass is 10.1. The molecule has 0 aromatic carbocycles. The topological polar surface area (TPSA) is 70.1 Å². The monoisotopic (exact) mass is 279 g/mol. The molecule has 2 rings (SSSR count). The molecule has 5 nitrogen and oxygen atoms in total. The number of nitrogens with zero attached hydrogens (tertiary/aromatic N) is 2. The Kier molecular flexibility index (Phi) is 5.17. The van der Waals surface area contributed by atoms with E-state index >= 15 is 0 Å². The van der Waals surface area contributed by atoms with Gasteiger partial charge in [-0.1, -0.05) is 26.7 Å². The van der Waals surface area contributed by atoms with E-state index in [1.54, 1.807) is 17.0 Å². The molecular formula is C15H25N3O2. The van der Waals surface area contributed by atoms with Gasteiger partial charge in [0.1, 0.15) is 6.10 Å². The summed E-state index contributed by atoms with van der Waals surface area (Å²) < 4.78 is 7.49. The highest BCUT2D eigenvalue weighted by Gasteiger charge is 2.23. The second-order valence-electron chi connectivity index (χ2n) is 6.04. The van der Waals surface area contributed by atoms with Gasteiger partial charge in [0.05, 0.1) is 0 Å². The van der Waals surface area contributed by atoms with Gasteiger partial charge in [-0.3, -0.25) is 4.79 Å². The molecule has 5 heteroatoms. The van der Waals surface area contributed by atoms with Crippen molar-refractivity contribution in [2.75, 3.05) is 0 Å².